The summed E-state index contributed by atoms with van der Waals surface area (Å²) in [6.45, 7) is 3.04. The van der Waals surface area contributed by atoms with Crippen molar-refractivity contribution in [2.24, 2.45) is 11.3 Å². The number of carbonyl (C=O) groups is 2. The zero-order valence-corrected chi connectivity index (χ0v) is 20.7. The van der Waals surface area contributed by atoms with Crippen molar-refractivity contribution in [2.45, 2.75) is 38.5 Å². The van der Waals surface area contributed by atoms with Crippen molar-refractivity contribution >= 4 is 17.6 Å². The summed E-state index contributed by atoms with van der Waals surface area (Å²) in [6.07, 6.45) is 5.47. The minimum atomic E-state index is -0.0925. The van der Waals surface area contributed by atoms with Gasteiger partial charge in [-0.1, -0.05) is 24.3 Å². The van der Waals surface area contributed by atoms with E-state index in [0.29, 0.717) is 24.5 Å². The molecule has 1 unspecified atom stereocenters. The number of nitrogens with one attached hydrogen (secondary N) is 1. The molecule has 35 heavy (non-hydrogen) atoms. The van der Waals surface area contributed by atoms with Gasteiger partial charge in [-0.2, -0.15) is 0 Å². The molecule has 0 radical (unpaired) electrons. The lowest BCUT2D eigenvalue weighted by atomic mass is 9.77. The Hall–Kier alpha value is -3.22. The minimum Gasteiger partial charge on any atom is -0.496 e. The van der Waals surface area contributed by atoms with Gasteiger partial charge < -0.3 is 24.6 Å². The fourth-order valence-electron chi connectivity index (χ4n) is 6.07. The van der Waals surface area contributed by atoms with Crippen LogP contribution in [0.5, 0.6) is 11.5 Å². The number of piperidine rings is 1. The predicted octanol–water partition coefficient (Wildman–Crippen LogP) is 4.36. The maximum absolute atomic E-state index is 13.5. The van der Waals surface area contributed by atoms with E-state index in [9.17, 15) is 9.59 Å². The maximum Gasteiger partial charge on any atom is 0.321 e. The van der Waals surface area contributed by atoms with Gasteiger partial charge in [0.25, 0.3) is 0 Å². The van der Waals surface area contributed by atoms with E-state index in [2.05, 4.69) is 16.3 Å². The number of urea groups is 1. The Balaban J connectivity index is 1.16. The summed E-state index contributed by atoms with van der Waals surface area (Å²) < 4.78 is 10.9. The molecule has 186 valence electrons. The molecule has 3 aliphatic rings. The maximum atomic E-state index is 13.5. The number of hydrogen-bond donors (Lipinski definition) is 1. The van der Waals surface area contributed by atoms with Crippen LogP contribution < -0.4 is 14.8 Å². The molecule has 2 aliphatic heterocycles. The summed E-state index contributed by atoms with van der Waals surface area (Å²) >= 11 is 0. The molecule has 1 atom stereocenters. The lowest BCUT2D eigenvalue weighted by Gasteiger charge is -2.39. The number of aryl methyl sites for hydroxylation is 1. The first-order chi connectivity index (χ1) is 17.0. The molecule has 2 fully saturated rings. The van der Waals surface area contributed by atoms with Gasteiger partial charge in [-0.15, -0.1) is 0 Å². The lowest BCUT2D eigenvalue weighted by Crippen LogP contribution is -2.46. The van der Waals surface area contributed by atoms with Crippen LogP contribution in [0.25, 0.3) is 0 Å². The van der Waals surface area contributed by atoms with E-state index >= 15 is 0 Å². The SMILES string of the molecule is COc1ccccc1NC(=O)N1CCC2(CC1)CCN(C(=O)C1CCc3cccc(OC)c3C1)C2. The molecular formula is C28H35N3O4. The molecule has 1 spiro atoms. The standard InChI is InChI=1S/C28H35N3O4/c1-34-24-9-5-6-20-10-11-21(18-22(20)24)26(32)31-17-14-28(19-31)12-15-30(16-13-28)27(33)29-23-7-3-4-8-25(23)35-2/h3-9,21H,10-19H2,1-2H3,(H,29,33). The number of amides is 3. The number of fused-ring (bicyclic) bond motifs is 1. The van der Waals surface area contributed by atoms with E-state index in [1.807, 2.05) is 41.3 Å². The largest absolute Gasteiger partial charge is 0.496 e. The number of methoxy groups -OCH3 is 2. The normalized spacial score (nSPS) is 20.9. The number of carbonyl (C=O) groups excluding carboxylic acids is 2. The molecule has 3 amide bonds. The van der Waals surface area contributed by atoms with Gasteiger partial charge in [0, 0.05) is 32.1 Å². The van der Waals surface area contributed by atoms with Crippen LogP contribution >= 0.6 is 0 Å². The van der Waals surface area contributed by atoms with Crippen LogP contribution in [0.2, 0.25) is 0 Å². The van der Waals surface area contributed by atoms with Crippen molar-refractivity contribution in [3.8, 4) is 11.5 Å². The second-order valence-corrected chi connectivity index (χ2v) is 10.2. The fourth-order valence-corrected chi connectivity index (χ4v) is 6.07. The van der Waals surface area contributed by atoms with Crippen LogP contribution in [0.1, 0.15) is 36.8 Å². The Kier molecular flexibility index (Phi) is 6.58. The number of likely N-dealkylation sites (tertiary alicyclic amines) is 2. The van der Waals surface area contributed by atoms with Crippen molar-refractivity contribution in [3.05, 3.63) is 53.6 Å². The van der Waals surface area contributed by atoms with Gasteiger partial charge in [0.05, 0.1) is 19.9 Å². The first kappa shape index (κ1) is 23.5. The highest BCUT2D eigenvalue weighted by Gasteiger charge is 2.44. The molecular weight excluding hydrogens is 442 g/mol. The Morgan fingerprint density at radius 2 is 1.60 bits per heavy atom. The van der Waals surface area contributed by atoms with E-state index in [1.54, 1.807) is 14.2 Å². The number of ether oxygens (including phenoxy) is 2. The first-order valence-electron chi connectivity index (χ1n) is 12.6. The zero-order valence-electron chi connectivity index (χ0n) is 20.7. The van der Waals surface area contributed by atoms with Gasteiger partial charge in [-0.3, -0.25) is 4.79 Å². The van der Waals surface area contributed by atoms with Crippen molar-refractivity contribution in [2.75, 3.05) is 45.7 Å². The van der Waals surface area contributed by atoms with E-state index in [1.165, 1.54) is 11.1 Å². The van der Waals surface area contributed by atoms with Crippen molar-refractivity contribution in [1.82, 2.24) is 9.80 Å². The number of rotatable bonds is 4. The quantitative estimate of drug-likeness (QED) is 0.711. The van der Waals surface area contributed by atoms with Gasteiger partial charge >= 0.3 is 6.03 Å². The third-order valence-corrected chi connectivity index (χ3v) is 8.22. The van der Waals surface area contributed by atoms with Gasteiger partial charge in [0.1, 0.15) is 11.5 Å². The van der Waals surface area contributed by atoms with Crippen LogP contribution in [-0.2, 0) is 17.6 Å². The molecule has 2 saturated heterocycles. The molecule has 7 heteroatoms. The van der Waals surface area contributed by atoms with Crippen LogP contribution in [0.4, 0.5) is 10.5 Å². The van der Waals surface area contributed by atoms with Crippen LogP contribution in [0.15, 0.2) is 42.5 Å². The summed E-state index contributed by atoms with van der Waals surface area (Å²) in [5.41, 5.74) is 3.32. The molecule has 0 aromatic heterocycles. The van der Waals surface area contributed by atoms with Crippen LogP contribution in [0.3, 0.4) is 0 Å². The summed E-state index contributed by atoms with van der Waals surface area (Å²) in [5, 5.41) is 2.98. The summed E-state index contributed by atoms with van der Waals surface area (Å²) in [4.78, 5) is 30.3. The monoisotopic (exact) mass is 477 g/mol. The van der Waals surface area contributed by atoms with Crippen molar-refractivity contribution < 1.29 is 19.1 Å². The smallest absolute Gasteiger partial charge is 0.321 e. The van der Waals surface area contributed by atoms with E-state index < -0.39 is 0 Å². The van der Waals surface area contributed by atoms with Crippen LogP contribution in [-0.4, -0.2) is 62.1 Å². The van der Waals surface area contributed by atoms with E-state index in [4.69, 9.17) is 9.47 Å². The second-order valence-electron chi connectivity index (χ2n) is 10.2. The fraction of sp³-hybridized carbons (Fsp3) is 0.500. The molecule has 0 saturated carbocycles. The average molecular weight is 478 g/mol. The van der Waals surface area contributed by atoms with Gasteiger partial charge in [-0.25, -0.2) is 4.79 Å². The number of hydrogen-bond acceptors (Lipinski definition) is 4. The van der Waals surface area contributed by atoms with Crippen molar-refractivity contribution in [1.29, 1.82) is 0 Å². The van der Waals surface area contributed by atoms with Gasteiger partial charge in [0.2, 0.25) is 5.91 Å². The van der Waals surface area contributed by atoms with Crippen molar-refractivity contribution in [3.63, 3.8) is 0 Å². The molecule has 1 aliphatic carbocycles. The van der Waals surface area contributed by atoms with E-state index in [-0.39, 0.29) is 23.3 Å². The number of benzene rings is 2. The molecule has 2 aromatic rings. The molecule has 7 nitrogen and oxygen atoms in total. The Bertz CT molecular complexity index is 1080. The molecule has 1 N–H and O–H groups in total. The highest BCUT2D eigenvalue weighted by atomic mass is 16.5. The second kappa shape index (κ2) is 9.80. The Morgan fingerprint density at radius 1 is 0.914 bits per heavy atom. The third kappa shape index (κ3) is 4.68. The third-order valence-electron chi connectivity index (χ3n) is 8.22. The minimum absolute atomic E-state index is 0.0284. The average Bonchev–Trinajstić information content (AvgIpc) is 3.31. The summed E-state index contributed by atoms with van der Waals surface area (Å²) in [6, 6.07) is 13.5. The molecule has 5 rings (SSSR count). The Morgan fingerprint density at radius 3 is 2.34 bits per heavy atom. The van der Waals surface area contributed by atoms with Crippen LogP contribution in [0, 0.1) is 11.3 Å². The number of anilines is 1. The lowest BCUT2D eigenvalue weighted by molar-refractivity contribution is -0.135. The first-order valence-corrected chi connectivity index (χ1v) is 12.6. The van der Waals surface area contributed by atoms with E-state index in [0.717, 1.165) is 57.4 Å². The number of para-hydroxylation sites is 2. The molecule has 2 heterocycles. The topological polar surface area (TPSA) is 71.1 Å². The Labute approximate surface area is 207 Å². The summed E-state index contributed by atoms with van der Waals surface area (Å²) in [7, 11) is 3.31. The zero-order chi connectivity index (χ0) is 24.4. The van der Waals surface area contributed by atoms with Gasteiger partial charge in [-0.05, 0) is 73.3 Å². The molecule has 0 bridgehead atoms. The summed E-state index contributed by atoms with van der Waals surface area (Å²) in [5.74, 6) is 1.87. The number of nitrogens with zero attached hydrogens (tertiary/aromatic N) is 2. The molecule has 2 aromatic carbocycles. The highest BCUT2D eigenvalue weighted by molar-refractivity contribution is 5.91. The highest BCUT2D eigenvalue weighted by Crippen LogP contribution is 2.42. The predicted molar refractivity (Wildman–Crippen MR) is 135 cm³/mol. The van der Waals surface area contributed by atoms with Gasteiger partial charge in [0.15, 0.2) is 0 Å².